The predicted octanol–water partition coefficient (Wildman–Crippen LogP) is 0.745. The van der Waals surface area contributed by atoms with Crippen LogP contribution in [0.25, 0.3) is 0 Å². The van der Waals surface area contributed by atoms with Gasteiger partial charge in [-0.25, -0.2) is 5.84 Å². The summed E-state index contributed by atoms with van der Waals surface area (Å²) in [4.78, 5) is 11.1. The molecule has 1 aromatic rings. The van der Waals surface area contributed by atoms with E-state index < -0.39 is 5.91 Å². The molecule has 0 saturated carbocycles. The molecular weight excluding hydrogens is 228 g/mol. The number of aliphatic hydroxyl groups is 1. The summed E-state index contributed by atoms with van der Waals surface area (Å²) in [5.74, 6) is 7.30. The quantitative estimate of drug-likeness (QED) is 0.390. The Balaban J connectivity index is 2.38. The largest absolute Gasteiger partial charge is 0.455 e. The van der Waals surface area contributed by atoms with Gasteiger partial charge >= 0.3 is 5.91 Å². The Labute approximate surface area is 98.4 Å². The summed E-state index contributed by atoms with van der Waals surface area (Å²) in [5, 5.41) is 8.84. The fourth-order valence-electron chi connectivity index (χ4n) is 1.06. The van der Waals surface area contributed by atoms with Gasteiger partial charge in [0, 0.05) is 6.61 Å². The van der Waals surface area contributed by atoms with Crippen LogP contribution in [0.2, 0.25) is 0 Å². The number of furan rings is 1. The first-order chi connectivity index (χ1) is 7.67. The van der Waals surface area contributed by atoms with E-state index in [1.807, 2.05) is 12.3 Å². The second-order valence-electron chi connectivity index (χ2n) is 3.54. The van der Waals surface area contributed by atoms with E-state index in [1.54, 1.807) is 23.9 Å². The second-order valence-corrected chi connectivity index (χ2v) is 4.57. The van der Waals surface area contributed by atoms with Crippen LogP contribution in [0, 0.1) is 5.92 Å². The number of nitrogens with two attached hydrogens (primary N) is 1. The maximum atomic E-state index is 11.1. The van der Waals surface area contributed by atoms with E-state index in [1.165, 1.54) is 0 Å². The van der Waals surface area contributed by atoms with Crippen molar-refractivity contribution in [3.63, 3.8) is 0 Å². The lowest BCUT2D eigenvalue weighted by Crippen LogP contribution is -2.29. The summed E-state index contributed by atoms with van der Waals surface area (Å²) in [5.41, 5.74) is 2.01. The van der Waals surface area contributed by atoms with E-state index >= 15 is 0 Å². The van der Waals surface area contributed by atoms with Crippen LogP contribution >= 0.6 is 11.8 Å². The number of hydrogen-bond acceptors (Lipinski definition) is 5. The third-order valence-electron chi connectivity index (χ3n) is 1.97. The smallest absolute Gasteiger partial charge is 0.300 e. The monoisotopic (exact) mass is 244 g/mol. The van der Waals surface area contributed by atoms with Crippen molar-refractivity contribution in [1.82, 2.24) is 5.43 Å². The van der Waals surface area contributed by atoms with Gasteiger partial charge in [0.15, 0.2) is 5.76 Å². The minimum Gasteiger partial charge on any atom is -0.455 e. The first-order valence-corrected chi connectivity index (χ1v) is 6.11. The molecule has 6 heteroatoms. The molecule has 0 bridgehead atoms. The molecule has 90 valence electrons. The molecule has 1 atom stereocenters. The SMILES string of the molecule is CC(CO)CSCc1ccc(C(=O)NN)o1. The molecule has 0 aromatic carbocycles. The molecule has 0 aliphatic rings. The molecule has 1 amide bonds. The highest BCUT2D eigenvalue weighted by Gasteiger charge is 2.09. The molecule has 0 aliphatic heterocycles. The number of hydrogen-bond donors (Lipinski definition) is 3. The Kier molecular flexibility index (Phi) is 5.37. The standard InChI is InChI=1S/C10H16N2O3S/c1-7(4-13)5-16-6-8-2-3-9(15-8)10(14)12-11/h2-3,7,13H,4-6,11H2,1H3,(H,12,14). The summed E-state index contributed by atoms with van der Waals surface area (Å²) in [6.45, 7) is 2.16. The molecule has 1 unspecified atom stereocenters. The van der Waals surface area contributed by atoms with Crippen molar-refractivity contribution in [2.24, 2.45) is 11.8 Å². The second kappa shape index (κ2) is 6.57. The van der Waals surface area contributed by atoms with E-state index in [4.69, 9.17) is 15.4 Å². The number of nitrogens with one attached hydrogen (secondary N) is 1. The lowest BCUT2D eigenvalue weighted by Gasteiger charge is -2.05. The molecule has 1 heterocycles. The number of nitrogen functional groups attached to an aromatic ring is 1. The van der Waals surface area contributed by atoms with Gasteiger partial charge in [-0.05, 0) is 23.8 Å². The van der Waals surface area contributed by atoms with Gasteiger partial charge in [0.25, 0.3) is 0 Å². The Morgan fingerprint density at radius 3 is 3.06 bits per heavy atom. The van der Waals surface area contributed by atoms with Crippen molar-refractivity contribution in [3.05, 3.63) is 23.7 Å². The van der Waals surface area contributed by atoms with E-state index in [0.717, 1.165) is 11.5 Å². The number of carbonyl (C=O) groups excluding carboxylic acids is 1. The van der Waals surface area contributed by atoms with Crippen molar-refractivity contribution in [3.8, 4) is 0 Å². The zero-order valence-electron chi connectivity index (χ0n) is 9.10. The van der Waals surface area contributed by atoms with E-state index in [0.29, 0.717) is 5.75 Å². The first kappa shape index (κ1) is 13.1. The molecule has 0 radical (unpaired) electrons. The van der Waals surface area contributed by atoms with Crippen LogP contribution in [0.15, 0.2) is 16.5 Å². The molecule has 1 aromatic heterocycles. The Morgan fingerprint density at radius 1 is 1.69 bits per heavy atom. The maximum Gasteiger partial charge on any atom is 0.300 e. The van der Waals surface area contributed by atoms with Crippen LogP contribution in [-0.2, 0) is 5.75 Å². The summed E-state index contributed by atoms with van der Waals surface area (Å²) in [6.07, 6.45) is 0. The van der Waals surface area contributed by atoms with Crippen molar-refractivity contribution in [1.29, 1.82) is 0 Å². The highest BCUT2D eigenvalue weighted by molar-refractivity contribution is 7.98. The number of rotatable bonds is 6. The van der Waals surface area contributed by atoms with Gasteiger partial charge in [0.2, 0.25) is 0 Å². The Hall–Kier alpha value is -0.980. The minimum absolute atomic E-state index is 0.186. The van der Waals surface area contributed by atoms with Gasteiger partial charge in [-0.2, -0.15) is 11.8 Å². The highest BCUT2D eigenvalue weighted by atomic mass is 32.2. The number of thioether (sulfide) groups is 1. The van der Waals surface area contributed by atoms with Crippen molar-refractivity contribution >= 4 is 17.7 Å². The molecule has 0 spiro atoms. The minimum atomic E-state index is -0.431. The van der Waals surface area contributed by atoms with Crippen LogP contribution < -0.4 is 11.3 Å². The molecule has 0 fully saturated rings. The third-order valence-corrected chi connectivity index (χ3v) is 3.27. The number of carbonyl (C=O) groups is 1. The topological polar surface area (TPSA) is 88.5 Å². The normalized spacial score (nSPS) is 12.4. The molecule has 4 N–H and O–H groups in total. The molecule has 16 heavy (non-hydrogen) atoms. The van der Waals surface area contributed by atoms with Crippen LogP contribution in [0.4, 0.5) is 0 Å². The first-order valence-electron chi connectivity index (χ1n) is 4.95. The van der Waals surface area contributed by atoms with Gasteiger partial charge < -0.3 is 9.52 Å². The summed E-state index contributed by atoms with van der Waals surface area (Å²) >= 11 is 1.65. The fraction of sp³-hybridized carbons (Fsp3) is 0.500. The van der Waals surface area contributed by atoms with Crippen molar-refractivity contribution < 1.29 is 14.3 Å². The van der Waals surface area contributed by atoms with Gasteiger partial charge in [0.05, 0.1) is 5.75 Å². The summed E-state index contributed by atoms with van der Waals surface area (Å²) < 4.78 is 5.28. The van der Waals surface area contributed by atoms with Crippen LogP contribution in [0.1, 0.15) is 23.2 Å². The van der Waals surface area contributed by atoms with Gasteiger partial charge in [-0.1, -0.05) is 6.92 Å². The van der Waals surface area contributed by atoms with Crippen molar-refractivity contribution in [2.75, 3.05) is 12.4 Å². The van der Waals surface area contributed by atoms with Crippen LogP contribution in [0.3, 0.4) is 0 Å². The third kappa shape index (κ3) is 3.88. The highest BCUT2D eigenvalue weighted by Crippen LogP contribution is 2.17. The molecule has 1 rings (SSSR count). The zero-order chi connectivity index (χ0) is 12.0. The van der Waals surface area contributed by atoms with E-state index in [2.05, 4.69) is 0 Å². The van der Waals surface area contributed by atoms with Crippen LogP contribution in [-0.4, -0.2) is 23.4 Å². The zero-order valence-corrected chi connectivity index (χ0v) is 9.92. The molecule has 0 aliphatic carbocycles. The molecular formula is C10H16N2O3S. The van der Waals surface area contributed by atoms with Crippen LogP contribution in [0.5, 0.6) is 0 Å². The Bertz CT molecular complexity index is 341. The summed E-state index contributed by atoms with van der Waals surface area (Å²) in [7, 11) is 0. The number of aliphatic hydroxyl groups excluding tert-OH is 1. The summed E-state index contributed by atoms with van der Waals surface area (Å²) in [6, 6.07) is 3.34. The Morgan fingerprint density at radius 2 is 2.44 bits per heavy atom. The van der Waals surface area contributed by atoms with E-state index in [9.17, 15) is 4.79 Å². The van der Waals surface area contributed by atoms with Gasteiger partial charge in [-0.3, -0.25) is 10.2 Å². The maximum absolute atomic E-state index is 11.1. The average molecular weight is 244 g/mol. The van der Waals surface area contributed by atoms with Gasteiger partial charge in [0.1, 0.15) is 5.76 Å². The predicted molar refractivity (Wildman–Crippen MR) is 62.8 cm³/mol. The fourth-order valence-corrected chi connectivity index (χ4v) is 2.04. The lowest BCUT2D eigenvalue weighted by atomic mass is 10.2. The average Bonchev–Trinajstić information content (AvgIpc) is 2.76. The number of hydrazine groups is 1. The van der Waals surface area contributed by atoms with E-state index in [-0.39, 0.29) is 18.3 Å². The molecule has 5 nitrogen and oxygen atoms in total. The molecule has 0 saturated heterocycles. The van der Waals surface area contributed by atoms with Gasteiger partial charge in [-0.15, -0.1) is 0 Å². The lowest BCUT2D eigenvalue weighted by molar-refractivity contribution is 0.0924. The van der Waals surface area contributed by atoms with Crippen molar-refractivity contribution in [2.45, 2.75) is 12.7 Å². The number of amides is 1.